The molecule has 1 N–H and O–H groups in total. The third-order valence-electron chi connectivity index (χ3n) is 0.783. The Morgan fingerprint density at radius 2 is 2.57 bits per heavy atom. The van der Waals surface area contributed by atoms with Gasteiger partial charge in [0.25, 0.3) is 0 Å². The molecule has 0 saturated heterocycles. The highest BCUT2D eigenvalue weighted by Gasteiger charge is 1.84. The van der Waals surface area contributed by atoms with Crippen molar-refractivity contribution in [2.45, 2.75) is 13.8 Å². The Bertz CT molecular complexity index is 173. The van der Waals surface area contributed by atoms with Crippen LogP contribution < -0.4 is 0 Å². The largest absolute Gasteiger partial charge is 0.283 e. The van der Waals surface area contributed by atoms with Gasteiger partial charge in [-0.05, 0) is 19.9 Å². The van der Waals surface area contributed by atoms with E-state index in [0.717, 1.165) is 16.5 Å². The smallest absolute Gasteiger partial charge is 0.190 e. The van der Waals surface area contributed by atoms with E-state index in [0.29, 0.717) is 0 Å². The second-order valence-corrected chi connectivity index (χ2v) is 1.63. The Morgan fingerprint density at radius 1 is 1.86 bits per heavy atom. The van der Waals surface area contributed by atoms with Gasteiger partial charge in [0.15, 0.2) is 1.41 Å². The number of nitrogens with zero attached hydrogens (tertiary/aromatic N) is 1. The van der Waals surface area contributed by atoms with Gasteiger partial charge in [-0.15, -0.1) is 0 Å². The predicted octanol–water partition coefficient (Wildman–Crippen LogP) is 1.03. The summed E-state index contributed by atoms with van der Waals surface area (Å²) in [6.07, 6.45) is 0. The van der Waals surface area contributed by atoms with Crippen LogP contribution in [-0.4, -0.2) is 10.2 Å². The number of aromatic nitrogens is 2. The third-order valence-corrected chi connectivity index (χ3v) is 0.783. The highest BCUT2D eigenvalue weighted by atomic mass is 15.1. The molecule has 0 aliphatic heterocycles. The lowest BCUT2D eigenvalue weighted by Gasteiger charge is -1.68. The van der Waals surface area contributed by atoms with Crippen molar-refractivity contribution in [3.63, 3.8) is 0 Å². The van der Waals surface area contributed by atoms with Crippen LogP contribution in [0, 0.1) is 13.8 Å². The van der Waals surface area contributed by atoms with E-state index in [1.54, 1.807) is 0 Å². The van der Waals surface area contributed by atoms with E-state index in [1.165, 1.54) is 0 Å². The van der Waals surface area contributed by atoms with Crippen molar-refractivity contribution in [1.29, 1.82) is 0 Å². The summed E-state index contributed by atoms with van der Waals surface area (Å²) in [7, 11) is 0. The van der Waals surface area contributed by atoms with E-state index < -0.39 is 0 Å². The van der Waals surface area contributed by atoms with Gasteiger partial charge < -0.3 is 0 Å². The number of rotatable bonds is 0. The predicted molar refractivity (Wildman–Crippen MR) is 28.1 cm³/mol. The molecule has 0 aromatic carbocycles. The molecule has 7 heavy (non-hydrogen) atoms. The molecule has 0 radical (unpaired) electrons. The summed E-state index contributed by atoms with van der Waals surface area (Å²) in [6.45, 7) is 3.73. The summed E-state index contributed by atoms with van der Waals surface area (Å²) in [5.41, 5.74) is 1.78. The molecule has 1 aromatic heterocycles. The van der Waals surface area contributed by atoms with Crippen molar-refractivity contribution in [3.05, 3.63) is 17.5 Å². The zero-order valence-corrected chi connectivity index (χ0v) is 4.47. The maximum atomic E-state index is 7.05. The minimum Gasteiger partial charge on any atom is -0.283 e. The fraction of sp³-hybridized carbons (Fsp3) is 0.400. The van der Waals surface area contributed by atoms with E-state index in [2.05, 4.69) is 5.10 Å². The van der Waals surface area contributed by atoms with Crippen LogP contribution in [0.25, 0.3) is 0 Å². The lowest BCUT2D eigenvalue weighted by Crippen LogP contribution is -1.68. The zero-order valence-electron chi connectivity index (χ0n) is 5.47. The van der Waals surface area contributed by atoms with Crippen LogP contribution in [-0.2, 0) is 0 Å². The van der Waals surface area contributed by atoms with Gasteiger partial charge in [0, 0.05) is 5.69 Å². The van der Waals surface area contributed by atoms with Crippen LogP contribution in [0.5, 0.6) is 0 Å². The first-order chi connectivity index (χ1) is 3.70. The van der Waals surface area contributed by atoms with Crippen LogP contribution >= 0.6 is 0 Å². The van der Waals surface area contributed by atoms with Gasteiger partial charge in [-0.3, -0.25) is 5.09 Å². The van der Waals surface area contributed by atoms with Crippen molar-refractivity contribution in [2.75, 3.05) is 0 Å². The van der Waals surface area contributed by atoms with Crippen molar-refractivity contribution < 1.29 is 1.41 Å². The van der Waals surface area contributed by atoms with Crippen LogP contribution in [0.1, 0.15) is 11.4 Å². The third kappa shape index (κ3) is 0.796. The molecule has 0 aliphatic carbocycles. The second-order valence-electron chi connectivity index (χ2n) is 1.63. The van der Waals surface area contributed by atoms with Gasteiger partial charge in [-0.1, -0.05) is 0 Å². The summed E-state index contributed by atoms with van der Waals surface area (Å²) in [5.74, 6) is 0. The van der Waals surface area contributed by atoms with Crippen LogP contribution in [0.15, 0.2) is 6.07 Å². The van der Waals surface area contributed by atoms with E-state index in [1.807, 2.05) is 19.9 Å². The molecule has 0 saturated carbocycles. The summed E-state index contributed by atoms with van der Waals surface area (Å²) < 4.78 is 7.05. The molecule has 2 heteroatoms. The molecule has 0 fully saturated rings. The Kier molecular flexibility index (Phi) is 0.635. The quantitative estimate of drug-likeness (QED) is 0.514. The molecule has 0 spiro atoms. The average molecular weight is 97.1 g/mol. The summed E-state index contributed by atoms with van der Waals surface area (Å²) in [6, 6.07) is 1.87. The minimum atomic E-state index is 0.877. The first-order valence-corrected chi connectivity index (χ1v) is 2.22. The highest BCUT2D eigenvalue weighted by Crippen LogP contribution is 1.92. The Labute approximate surface area is 44.0 Å². The lowest BCUT2D eigenvalue weighted by molar-refractivity contribution is 1.02. The van der Waals surface area contributed by atoms with E-state index >= 15 is 0 Å². The molecule has 0 aliphatic rings. The van der Waals surface area contributed by atoms with Crippen LogP contribution in [0.3, 0.4) is 0 Å². The number of hydrogen-bond donors (Lipinski definition) is 1. The first kappa shape index (κ1) is 3.24. The molecular weight excluding hydrogens is 88.1 g/mol. The van der Waals surface area contributed by atoms with Gasteiger partial charge in [0.2, 0.25) is 0 Å². The average Bonchev–Trinajstić information content (AvgIpc) is 1.85. The minimum absolute atomic E-state index is 0.877. The number of aryl methyl sites for hydroxylation is 2. The van der Waals surface area contributed by atoms with E-state index in [9.17, 15) is 0 Å². The normalized spacial score (nSPS) is 11.4. The Morgan fingerprint density at radius 3 is 2.71 bits per heavy atom. The van der Waals surface area contributed by atoms with Crippen molar-refractivity contribution in [2.24, 2.45) is 0 Å². The van der Waals surface area contributed by atoms with Gasteiger partial charge in [-0.25, -0.2) is 0 Å². The Hall–Kier alpha value is -0.790. The summed E-state index contributed by atoms with van der Waals surface area (Å²) in [5, 5.41) is 4.91. The molecule has 1 heterocycles. The molecule has 1 aromatic rings. The van der Waals surface area contributed by atoms with Gasteiger partial charge in [0.1, 0.15) is 0 Å². The molecular formula is C5H8N2. The van der Waals surface area contributed by atoms with Gasteiger partial charge >= 0.3 is 0 Å². The topological polar surface area (TPSA) is 28.7 Å². The highest BCUT2D eigenvalue weighted by molar-refractivity contribution is 5.03. The fourth-order valence-electron chi connectivity index (χ4n) is 0.518. The number of H-pyrrole nitrogens is 1. The zero-order chi connectivity index (χ0) is 6.15. The summed E-state index contributed by atoms with van der Waals surface area (Å²) in [4.78, 5) is 0. The standard InChI is InChI=1S/C5H8N2/c1-4-3-5(2)7-6-4/h3H,1-2H3,(H,6,7)/i/hD. The molecule has 2 nitrogen and oxygen atoms in total. The maximum absolute atomic E-state index is 7.05. The monoisotopic (exact) mass is 97.1 g/mol. The molecule has 0 amide bonds. The molecule has 1 rings (SSSR count). The Balaban J connectivity index is 3.14. The second kappa shape index (κ2) is 1.37. The molecule has 0 atom stereocenters. The van der Waals surface area contributed by atoms with E-state index in [4.69, 9.17) is 1.41 Å². The lowest BCUT2D eigenvalue weighted by atomic mass is 10.4. The summed E-state index contributed by atoms with van der Waals surface area (Å²) >= 11 is 0. The molecule has 0 unspecified atom stereocenters. The molecule has 0 bridgehead atoms. The SMILES string of the molecule is [2H]n1nc(C)cc1C. The van der Waals surface area contributed by atoms with Crippen molar-refractivity contribution in [3.8, 4) is 0 Å². The van der Waals surface area contributed by atoms with E-state index in [-0.39, 0.29) is 0 Å². The van der Waals surface area contributed by atoms with Crippen molar-refractivity contribution in [1.82, 2.24) is 10.2 Å². The van der Waals surface area contributed by atoms with Crippen molar-refractivity contribution >= 4 is 0 Å². The van der Waals surface area contributed by atoms with Gasteiger partial charge in [0.05, 0.1) is 5.69 Å². The van der Waals surface area contributed by atoms with Crippen LogP contribution in [0.4, 0.5) is 0 Å². The van der Waals surface area contributed by atoms with Crippen LogP contribution in [0.2, 0.25) is 1.41 Å². The first-order valence-electron chi connectivity index (χ1n) is 2.67. The fourth-order valence-corrected chi connectivity index (χ4v) is 0.518. The molecule has 38 valence electrons. The maximum Gasteiger partial charge on any atom is 0.190 e. The van der Waals surface area contributed by atoms with Gasteiger partial charge in [-0.2, -0.15) is 5.10 Å². The number of aromatic amines is 1. The number of nitrogens with one attached hydrogen (secondary N) is 1. The number of hydrogen-bond acceptors (Lipinski definition) is 1.